The van der Waals surface area contributed by atoms with E-state index in [1.807, 2.05) is 0 Å². The number of nitrogens with one attached hydrogen (secondary N) is 1. The van der Waals surface area contributed by atoms with Gasteiger partial charge in [0.25, 0.3) is 0 Å². The first-order valence-corrected chi connectivity index (χ1v) is 4.59. The molecule has 0 bridgehead atoms. The minimum atomic E-state index is 0.721. The van der Waals surface area contributed by atoms with Crippen LogP contribution in [0.5, 0.6) is 0 Å². The molecule has 11 heavy (non-hydrogen) atoms. The van der Waals surface area contributed by atoms with Gasteiger partial charge in [-0.05, 0) is 34.0 Å². The largest absolute Gasteiger partial charge is 0.315 e. The van der Waals surface area contributed by atoms with Gasteiger partial charge in [-0.3, -0.25) is 0 Å². The fourth-order valence-corrected chi connectivity index (χ4v) is 2.07. The van der Waals surface area contributed by atoms with Gasteiger partial charge < -0.3 is 10.2 Å². The van der Waals surface area contributed by atoms with E-state index in [1.165, 1.54) is 25.7 Å². The standard InChI is InChI=1S/C9H20N2/c1-10-8-6-4-5-7-9(8)11(2)3/h8-10H,4-7H2,1-3H3/t8-,9-/m1/s1. The van der Waals surface area contributed by atoms with E-state index in [9.17, 15) is 0 Å². The first kappa shape index (κ1) is 9.01. The molecule has 0 saturated heterocycles. The summed E-state index contributed by atoms with van der Waals surface area (Å²) in [5.41, 5.74) is 0. The molecule has 0 aromatic rings. The molecule has 0 aromatic heterocycles. The topological polar surface area (TPSA) is 15.3 Å². The van der Waals surface area contributed by atoms with Crippen LogP contribution in [0.2, 0.25) is 0 Å². The van der Waals surface area contributed by atoms with E-state index >= 15 is 0 Å². The highest BCUT2D eigenvalue weighted by Gasteiger charge is 2.24. The minimum absolute atomic E-state index is 0.721. The Morgan fingerprint density at radius 3 is 2.27 bits per heavy atom. The molecule has 1 aliphatic carbocycles. The third-order valence-corrected chi connectivity index (χ3v) is 2.76. The third-order valence-electron chi connectivity index (χ3n) is 2.76. The molecule has 2 atom stereocenters. The molecular weight excluding hydrogens is 136 g/mol. The van der Waals surface area contributed by atoms with Gasteiger partial charge >= 0.3 is 0 Å². The van der Waals surface area contributed by atoms with Crippen LogP contribution in [-0.2, 0) is 0 Å². The summed E-state index contributed by atoms with van der Waals surface area (Å²) in [6.07, 6.45) is 5.51. The zero-order valence-electron chi connectivity index (χ0n) is 7.93. The summed E-state index contributed by atoms with van der Waals surface area (Å²) in [5, 5.41) is 3.39. The van der Waals surface area contributed by atoms with Crippen molar-refractivity contribution in [3.05, 3.63) is 0 Å². The smallest absolute Gasteiger partial charge is 0.0243 e. The van der Waals surface area contributed by atoms with Crippen LogP contribution in [0.4, 0.5) is 0 Å². The second-order valence-electron chi connectivity index (χ2n) is 3.71. The van der Waals surface area contributed by atoms with E-state index in [4.69, 9.17) is 0 Å². The highest BCUT2D eigenvalue weighted by Crippen LogP contribution is 2.20. The average Bonchev–Trinajstić information content (AvgIpc) is 2.04. The van der Waals surface area contributed by atoms with Crippen LogP contribution >= 0.6 is 0 Å². The summed E-state index contributed by atoms with van der Waals surface area (Å²) in [6.45, 7) is 0. The van der Waals surface area contributed by atoms with Crippen molar-refractivity contribution in [3.8, 4) is 0 Å². The van der Waals surface area contributed by atoms with Crippen molar-refractivity contribution in [2.45, 2.75) is 37.8 Å². The summed E-state index contributed by atoms with van der Waals surface area (Å²) in [7, 11) is 6.44. The molecule has 1 N–H and O–H groups in total. The Labute approximate surface area is 70.0 Å². The van der Waals surface area contributed by atoms with Gasteiger partial charge in [-0.2, -0.15) is 0 Å². The molecule has 1 saturated carbocycles. The lowest BCUT2D eigenvalue weighted by molar-refractivity contribution is 0.183. The molecule has 2 heteroatoms. The second-order valence-corrected chi connectivity index (χ2v) is 3.71. The summed E-state index contributed by atoms with van der Waals surface area (Å²) in [5.74, 6) is 0. The molecule has 2 nitrogen and oxygen atoms in total. The summed E-state index contributed by atoms with van der Waals surface area (Å²) >= 11 is 0. The van der Waals surface area contributed by atoms with E-state index in [0.717, 1.165) is 12.1 Å². The maximum Gasteiger partial charge on any atom is 0.0243 e. The van der Waals surface area contributed by atoms with Crippen molar-refractivity contribution in [1.29, 1.82) is 0 Å². The molecule has 0 radical (unpaired) electrons. The predicted octanol–water partition coefficient (Wildman–Crippen LogP) is 1.08. The highest BCUT2D eigenvalue weighted by atomic mass is 15.1. The molecule has 1 fully saturated rings. The first-order valence-electron chi connectivity index (χ1n) is 4.59. The summed E-state index contributed by atoms with van der Waals surface area (Å²) < 4.78 is 0. The lowest BCUT2D eigenvalue weighted by atomic mass is 9.90. The van der Waals surface area contributed by atoms with Crippen LogP contribution in [0, 0.1) is 0 Å². The fourth-order valence-electron chi connectivity index (χ4n) is 2.07. The maximum absolute atomic E-state index is 3.39. The Morgan fingerprint density at radius 1 is 1.18 bits per heavy atom. The van der Waals surface area contributed by atoms with Crippen LogP contribution in [-0.4, -0.2) is 38.1 Å². The zero-order valence-corrected chi connectivity index (χ0v) is 7.93. The number of rotatable bonds is 2. The minimum Gasteiger partial charge on any atom is -0.315 e. The number of hydrogen-bond acceptors (Lipinski definition) is 2. The first-order chi connectivity index (χ1) is 5.25. The SMILES string of the molecule is CN[C@@H]1CCCC[C@H]1N(C)C. The lowest BCUT2D eigenvalue weighted by Gasteiger charge is -2.35. The summed E-state index contributed by atoms with van der Waals surface area (Å²) in [6, 6.07) is 1.48. The Balaban J connectivity index is 2.44. The van der Waals surface area contributed by atoms with E-state index in [2.05, 4.69) is 31.4 Å². The molecule has 1 aliphatic rings. The zero-order chi connectivity index (χ0) is 8.27. The Bertz CT molecular complexity index is 112. The average molecular weight is 156 g/mol. The van der Waals surface area contributed by atoms with Gasteiger partial charge in [-0.1, -0.05) is 12.8 Å². The maximum atomic E-state index is 3.39. The van der Waals surface area contributed by atoms with Crippen LogP contribution in [0.25, 0.3) is 0 Å². The number of nitrogens with zero attached hydrogens (tertiary/aromatic N) is 1. The molecule has 0 amide bonds. The molecule has 0 aliphatic heterocycles. The van der Waals surface area contributed by atoms with E-state index < -0.39 is 0 Å². The van der Waals surface area contributed by atoms with Crippen molar-refractivity contribution in [1.82, 2.24) is 10.2 Å². The molecule has 0 heterocycles. The van der Waals surface area contributed by atoms with Crippen molar-refractivity contribution in [2.24, 2.45) is 0 Å². The van der Waals surface area contributed by atoms with Gasteiger partial charge in [-0.25, -0.2) is 0 Å². The monoisotopic (exact) mass is 156 g/mol. The fraction of sp³-hybridized carbons (Fsp3) is 1.00. The second kappa shape index (κ2) is 4.07. The molecule has 0 spiro atoms. The van der Waals surface area contributed by atoms with E-state index in [-0.39, 0.29) is 0 Å². The normalized spacial score (nSPS) is 32.7. The third kappa shape index (κ3) is 2.17. The molecule has 1 rings (SSSR count). The van der Waals surface area contributed by atoms with Gasteiger partial charge in [0.05, 0.1) is 0 Å². The van der Waals surface area contributed by atoms with Gasteiger partial charge in [0.2, 0.25) is 0 Å². The molecule has 66 valence electrons. The number of likely N-dealkylation sites (N-methyl/N-ethyl adjacent to an activating group) is 2. The Hall–Kier alpha value is -0.0800. The van der Waals surface area contributed by atoms with Crippen molar-refractivity contribution >= 4 is 0 Å². The van der Waals surface area contributed by atoms with Crippen molar-refractivity contribution < 1.29 is 0 Å². The van der Waals surface area contributed by atoms with Crippen LogP contribution in [0.3, 0.4) is 0 Å². The molecule has 0 aromatic carbocycles. The summed E-state index contributed by atoms with van der Waals surface area (Å²) in [4.78, 5) is 2.35. The van der Waals surface area contributed by atoms with Crippen LogP contribution in [0.15, 0.2) is 0 Å². The Morgan fingerprint density at radius 2 is 1.82 bits per heavy atom. The highest BCUT2D eigenvalue weighted by molar-refractivity contribution is 4.84. The quantitative estimate of drug-likeness (QED) is 0.643. The number of hydrogen-bond donors (Lipinski definition) is 1. The molecular formula is C9H20N2. The van der Waals surface area contributed by atoms with Crippen LogP contribution in [0.1, 0.15) is 25.7 Å². The van der Waals surface area contributed by atoms with Gasteiger partial charge in [0, 0.05) is 12.1 Å². The predicted molar refractivity (Wildman–Crippen MR) is 48.8 cm³/mol. The van der Waals surface area contributed by atoms with Gasteiger partial charge in [0.15, 0.2) is 0 Å². The van der Waals surface area contributed by atoms with Gasteiger partial charge in [0.1, 0.15) is 0 Å². The van der Waals surface area contributed by atoms with Crippen LogP contribution < -0.4 is 5.32 Å². The molecule has 0 unspecified atom stereocenters. The van der Waals surface area contributed by atoms with Crippen molar-refractivity contribution in [3.63, 3.8) is 0 Å². The van der Waals surface area contributed by atoms with E-state index in [1.54, 1.807) is 0 Å². The lowest BCUT2D eigenvalue weighted by Crippen LogP contribution is -2.47. The van der Waals surface area contributed by atoms with Crippen molar-refractivity contribution in [2.75, 3.05) is 21.1 Å². The van der Waals surface area contributed by atoms with E-state index in [0.29, 0.717) is 0 Å². The Kier molecular flexibility index (Phi) is 3.34. The van der Waals surface area contributed by atoms with Gasteiger partial charge in [-0.15, -0.1) is 0 Å².